The zero-order valence-electron chi connectivity index (χ0n) is 8.96. The zero-order valence-corrected chi connectivity index (χ0v) is 9.78. The highest BCUT2D eigenvalue weighted by atomic mass is 32.2. The van der Waals surface area contributed by atoms with Gasteiger partial charge in [-0.3, -0.25) is 9.19 Å². The molecule has 4 heteroatoms. The molecule has 0 fully saturated rings. The summed E-state index contributed by atoms with van der Waals surface area (Å²) in [4.78, 5) is 4.34. The molecule has 0 unspecified atom stereocenters. The summed E-state index contributed by atoms with van der Waals surface area (Å²) in [6.07, 6.45) is 0.819. The summed E-state index contributed by atoms with van der Waals surface area (Å²) in [5, 5.41) is 10.8. The van der Waals surface area contributed by atoms with Gasteiger partial charge in [-0.15, -0.1) is 0 Å². The number of pyridine rings is 1. The van der Waals surface area contributed by atoms with Crippen molar-refractivity contribution in [2.75, 3.05) is 12.0 Å². The second-order valence-electron chi connectivity index (χ2n) is 3.68. The molecule has 3 nitrogen and oxygen atoms in total. The first-order chi connectivity index (χ1) is 7.66. The van der Waals surface area contributed by atoms with E-state index >= 15 is 0 Å². The van der Waals surface area contributed by atoms with E-state index in [-0.39, 0.29) is 5.75 Å². The molecule has 16 heavy (non-hydrogen) atoms. The van der Waals surface area contributed by atoms with Crippen LogP contribution in [0.4, 0.5) is 0 Å². The highest BCUT2D eigenvalue weighted by molar-refractivity contribution is 7.84. The summed E-state index contributed by atoms with van der Waals surface area (Å²) in [5.41, 5.74) is 1.43. The molecule has 0 radical (unpaired) electrons. The molecule has 0 bridgehead atoms. The molecule has 1 aromatic heterocycles. The van der Waals surface area contributed by atoms with E-state index in [1.54, 1.807) is 12.3 Å². The average Bonchev–Trinajstić information content (AvgIpc) is 2.27. The monoisotopic (exact) mass is 235 g/mol. The van der Waals surface area contributed by atoms with Gasteiger partial charge < -0.3 is 5.11 Å². The number of para-hydroxylation sites is 1. The molecular formula is C12H13NO2S. The normalized spacial score (nSPS) is 14.9. The Bertz CT molecular complexity index is 527. The fourth-order valence-corrected chi connectivity index (χ4v) is 2.19. The van der Waals surface area contributed by atoms with E-state index < -0.39 is 16.9 Å². The number of nitrogens with zero attached hydrogens (tertiary/aromatic N) is 1. The highest BCUT2D eigenvalue weighted by Gasteiger charge is 2.11. The smallest absolute Gasteiger partial charge is 0.107 e. The first-order valence-electron chi connectivity index (χ1n) is 5.00. The van der Waals surface area contributed by atoms with Crippen molar-refractivity contribution in [1.29, 1.82) is 0 Å². The molecule has 0 spiro atoms. The summed E-state index contributed by atoms with van der Waals surface area (Å²) in [6, 6.07) is 11.4. The number of benzene rings is 1. The molecule has 2 atom stereocenters. The van der Waals surface area contributed by atoms with Crippen molar-refractivity contribution in [2.45, 2.75) is 6.10 Å². The van der Waals surface area contributed by atoms with E-state index in [2.05, 4.69) is 4.98 Å². The van der Waals surface area contributed by atoms with Crippen molar-refractivity contribution in [1.82, 2.24) is 4.98 Å². The number of aliphatic hydroxyl groups is 1. The maximum Gasteiger partial charge on any atom is 0.107 e. The predicted molar refractivity (Wildman–Crippen MR) is 65.6 cm³/mol. The number of aliphatic hydroxyl groups excluding tert-OH is 1. The van der Waals surface area contributed by atoms with Crippen molar-refractivity contribution < 1.29 is 9.32 Å². The van der Waals surface area contributed by atoms with E-state index in [4.69, 9.17) is 0 Å². The van der Waals surface area contributed by atoms with Crippen molar-refractivity contribution in [2.24, 2.45) is 0 Å². The third-order valence-corrected chi connectivity index (χ3v) is 3.14. The molecule has 0 aliphatic heterocycles. The van der Waals surface area contributed by atoms with Gasteiger partial charge in [0, 0.05) is 22.4 Å². The summed E-state index contributed by atoms with van der Waals surface area (Å²) in [5.74, 6) is 0.228. The summed E-state index contributed by atoms with van der Waals surface area (Å²) in [7, 11) is -1.02. The van der Waals surface area contributed by atoms with Crippen LogP contribution in [-0.4, -0.2) is 26.3 Å². The third kappa shape index (κ3) is 2.46. The van der Waals surface area contributed by atoms with Gasteiger partial charge in [0.15, 0.2) is 0 Å². The molecule has 0 amide bonds. The zero-order chi connectivity index (χ0) is 11.5. The Kier molecular flexibility index (Phi) is 3.31. The number of hydrogen-bond donors (Lipinski definition) is 1. The lowest BCUT2D eigenvalue weighted by atomic mass is 10.2. The van der Waals surface area contributed by atoms with E-state index in [0.717, 1.165) is 10.9 Å². The van der Waals surface area contributed by atoms with Crippen LogP contribution in [0.15, 0.2) is 36.4 Å². The van der Waals surface area contributed by atoms with Gasteiger partial charge in [0.1, 0.15) is 6.10 Å². The van der Waals surface area contributed by atoms with E-state index in [0.29, 0.717) is 5.69 Å². The maximum atomic E-state index is 11.0. The Morgan fingerprint density at radius 2 is 2.06 bits per heavy atom. The molecule has 0 aliphatic carbocycles. The second kappa shape index (κ2) is 4.72. The quantitative estimate of drug-likeness (QED) is 0.880. The van der Waals surface area contributed by atoms with Crippen LogP contribution >= 0.6 is 0 Å². The Morgan fingerprint density at radius 3 is 2.81 bits per heavy atom. The van der Waals surface area contributed by atoms with Crippen LogP contribution < -0.4 is 0 Å². The van der Waals surface area contributed by atoms with Crippen LogP contribution in [0, 0.1) is 0 Å². The first kappa shape index (κ1) is 11.2. The number of rotatable bonds is 3. The second-order valence-corrected chi connectivity index (χ2v) is 5.16. The van der Waals surface area contributed by atoms with Gasteiger partial charge in [0.05, 0.1) is 17.0 Å². The molecule has 0 saturated carbocycles. The molecule has 2 rings (SSSR count). The number of hydrogen-bond acceptors (Lipinski definition) is 3. The summed E-state index contributed by atoms with van der Waals surface area (Å²) in [6.45, 7) is 0. The topological polar surface area (TPSA) is 50.2 Å². The lowest BCUT2D eigenvalue weighted by Crippen LogP contribution is -2.09. The fourth-order valence-electron chi connectivity index (χ4n) is 1.58. The largest absolute Gasteiger partial charge is 0.386 e. The van der Waals surface area contributed by atoms with E-state index in [1.165, 1.54) is 0 Å². The van der Waals surface area contributed by atoms with Gasteiger partial charge in [-0.2, -0.15) is 0 Å². The molecule has 0 saturated heterocycles. The van der Waals surface area contributed by atoms with Gasteiger partial charge in [0.2, 0.25) is 0 Å². The van der Waals surface area contributed by atoms with Crippen LogP contribution in [-0.2, 0) is 10.8 Å². The average molecular weight is 235 g/mol. The minimum atomic E-state index is -1.02. The van der Waals surface area contributed by atoms with Crippen LogP contribution in [0.5, 0.6) is 0 Å². The molecule has 1 heterocycles. The lowest BCUT2D eigenvalue weighted by molar-refractivity contribution is 0.198. The summed E-state index contributed by atoms with van der Waals surface area (Å²) < 4.78 is 11.0. The predicted octanol–water partition coefficient (Wildman–Crippen LogP) is 1.65. The molecule has 0 aliphatic rings. The lowest BCUT2D eigenvalue weighted by Gasteiger charge is -2.08. The van der Waals surface area contributed by atoms with Crippen LogP contribution in [0.2, 0.25) is 0 Å². The molecule has 84 valence electrons. The Morgan fingerprint density at radius 1 is 1.31 bits per heavy atom. The standard InChI is InChI=1S/C12H13NO2S/c1-16(15)8-12(14)11-7-6-9-4-2-3-5-10(9)13-11/h2-7,12,14H,8H2,1H3/t12-,16+/m1/s1. The van der Waals surface area contributed by atoms with Crippen LogP contribution in [0.1, 0.15) is 11.8 Å². The Labute approximate surface area is 96.6 Å². The Hall–Kier alpha value is -1.26. The van der Waals surface area contributed by atoms with Crippen LogP contribution in [0.3, 0.4) is 0 Å². The van der Waals surface area contributed by atoms with Gasteiger partial charge in [-0.25, -0.2) is 0 Å². The third-order valence-electron chi connectivity index (χ3n) is 2.35. The van der Waals surface area contributed by atoms with E-state index in [1.807, 2.05) is 30.3 Å². The Balaban J connectivity index is 2.35. The minimum absolute atomic E-state index is 0.228. The molecule has 1 aromatic carbocycles. The van der Waals surface area contributed by atoms with Gasteiger partial charge in [0.25, 0.3) is 0 Å². The summed E-state index contributed by atoms with van der Waals surface area (Å²) >= 11 is 0. The van der Waals surface area contributed by atoms with Gasteiger partial charge >= 0.3 is 0 Å². The molecular weight excluding hydrogens is 222 g/mol. The molecule has 2 aromatic rings. The van der Waals surface area contributed by atoms with Gasteiger partial charge in [-0.1, -0.05) is 24.3 Å². The number of fused-ring (bicyclic) bond motifs is 1. The minimum Gasteiger partial charge on any atom is -0.386 e. The van der Waals surface area contributed by atoms with E-state index in [9.17, 15) is 9.32 Å². The van der Waals surface area contributed by atoms with Crippen molar-refractivity contribution in [3.63, 3.8) is 0 Å². The number of aromatic nitrogens is 1. The van der Waals surface area contributed by atoms with Crippen molar-refractivity contribution in [3.8, 4) is 0 Å². The SMILES string of the molecule is C[S@](=O)C[C@@H](O)c1ccc2ccccc2n1. The first-order valence-corrected chi connectivity index (χ1v) is 6.73. The highest BCUT2D eigenvalue weighted by Crippen LogP contribution is 2.16. The molecule has 1 N–H and O–H groups in total. The van der Waals surface area contributed by atoms with Gasteiger partial charge in [-0.05, 0) is 12.1 Å². The van der Waals surface area contributed by atoms with Crippen molar-refractivity contribution in [3.05, 3.63) is 42.1 Å². The van der Waals surface area contributed by atoms with Crippen LogP contribution in [0.25, 0.3) is 10.9 Å². The fraction of sp³-hybridized carbons (Fsp3) is 0.250. The maximum absolute atomic E-state index is 11.0. The van der Waals surface area contributed by atoms with Crippen molar-refractivity contribution >= 4 is 21.7 Å².